The Labute approximate surface area is 247 Å². The molecule has 3 aromatic carbocycles. The average molecular weight is 599 g/mol. The predicted molar refractivity (Wildman–Crippen MR) is 169 cm³/mol. The molecule has 0 atom stereocenters. The number of hydrogen-bond donors (Lipinski definition) is 2. The van der Waals surface area contributed by atoms with Crippen LogP contribution in [-0.2, 0) is 11.3 Å². The van der Waals surface area contributed by atoms with E-state index in [9.17, 15) is 9.59 Å². The molecule has 3 aromatic rings. The normalized spacial score (nSPS) is 11.9. The highest BCUT2D eigenvalue weighted by Gasteiger charge is 2.27. The van der Waals surface area contributed by atoms with E-state index in [0.29, 0.717) is 24.6 Å². The second-order valence-corrected chi connectivity index (χ2v) is 13.3. The first-order valence-corrected chi connectivity index (χ1v) is 16.0. The summed E-state index contributed by atoms with van der Waals surface area (Å²) >= 11 is 1.82. The Balaban J connectivity index is 1.47. The number of carboxylic acid groups (broad SMARTS) is 1. The van der Waals surface area contributed by atoms with Crippen molar-refractivity contribution in [3.05, 3.63) is 65.7 Å². The largest absolute Gasteiger partial charge is 0.481 e. The van der Waals surface area contributed by atoms with Gasteiger partial charge in [0.2, 0.25) is 0 Å². The Kier molecular flexibility index (Phi) is 10.0. The summed E-state index contributed by atoms with van der Waals surface area (Å²) in [5.74, 6) is 0.233. The van der Waals surface area contributed by atoms with E-state index in [1.165, 1.54) is 54.0 Å². The van der Waals surface area contributed by atoms with Gasteiger partial charge in [0, 0.05) is 68.2 Å². The van der Waals surface area contributed by atoms with Crippen molar-refractivity contribution in [1.29, 1.82) is 0 Å². The fraction of sp³-hybridized carbons (Fsp3) is 0.310. The lowest BCUT2D eigenvalue weighted by Gasteiger charge is -2.35. The number of nitrogens with zero attached hydrogens (tertiary/aromatic N) is 3. The third kappa shape index (κ3) is 7.32. The lowest BCUT2D eigenvalue weighted by atomic mass is 10.1. The minimum atomic E-state index is -0.854. The van der Waals surface area contributed by atoms with E-state index in [2.05, 4.69) is 85.5 Å². The number of fused-ring (bicyclic) bond motifs is 2. The molecule has 11 heteroatoms. The molecule has 1 heterocycles. The average Bonchev–Trinajstić information content (AvgIpc) is 2.91. The van der Waals surface area contributed by atoms with Crippen LogP contribution >= 0.6 is 33.3 Å². The highest BCUT2D eigenvalue weighted by atomic mass is 33.1. The molecule has 0 bridgehead atoms. The van der Waals surface area contributed by atoms with Gasteiger partial charge in [-0.1, -0.05) is 45.5 Å². The smallest absolute Gasteiger partial charge is 0.412 e. The predicted octanol–water partition coefficient (Wildman–Crippen LogP) is 6.48. The highest BCUT2D eigenvalue weighted by molar-refractivity contribution is 8.76. The summed E-state index contributed by atoms with van der Waals surface area (Å²) in [6.45, 7) is 3.25. The first-order chi connectivity index (χ1) is 19.1. The van der Waals surface area contributed by atoms with Gasteiger partial charge < -0.3 is 29.9 Å². The molecule has 0 aromatic heterocycles. The van der Waals surface area contributed by atoms with Crippen molar-refractivity contribution in [2.24, 2.45) is 0 Å². The number of carboxylic acids is 1. The van der Waals surface area contributed by atoms with Crippen LogP contribution in [-0.4, -0.2) is 63.4 Å². The molecular weight excluding hydrogens is 565 g/mol. The van der Waals surface area contributed by atoms with Crippen LogP contribution < -0.4 is 24.8 Å². The molecule has 0 aliphatic carbocycles. The molecule has 1 amide bonds. The summed E-state index contributed by atoms with van der Waals surface area (Å²) < 4.78 is 5.42. The maximum atomic E-state index is 12.2. The number of carbonyl (C=O) groups is 2. The fourth-order valence-electron chi connectivity index (χ4n) is 4.32. The number of rotatable bonds is 11. The second kappa shape index (κ2) is 13.5. The topological polar surface area (TPSA) is 85.4 Å². The monoisotopic (exact) mass is 598 g/mol. The van der Waals surface area contributed by atoms with Crippen molar-refractivity contribution in [3.8, 4) is 5.75 Å². The van der Waals surface area contributed by atoms with Crippen LogP contribution in [0.25, 0.3) is 0 Å². The second-order valence-electron chi connectivity index (χ2n) is 9.63. The van der Waals surface area contributed by atoms with E-state index < -0.39 is 12.1 Å². The number of benzene rings is 3. The van der Waals surface area contributed by atoms with E-state index in [0.717, 1.165) is 11.3 Å². The lowest BCUT2D eigenvalue weighted by molar-refractivity contribution is -0.133. The van der Waals surface area contributed by atoms with Crippen LogP contribution in [0.3, 0.4) is 0 Å². The van der Waals surface area contributed by atoms with Gasteiger partial charge in [-0.3, -0.25) is 4.79 Å². The van der Waals surface area contributed by atoms with Crippen molar-refractivity contribution in [1.82, 2.24) is 5.32 Å². The minimum absolute atomic E-state index is 0.0305. The van der Waals surface area contributed by atoms with Gasteiger partial charge >= 0.3 is 12.1 Å². The van der Waals surface area contributed by atoms with E-state index in [4.69, 9.17) is 9.84 Å². The number of ether oxygens (including phenoxy) is 1. The maximum Gasteiger partial charge on any atom is 0.412 e. The molecule has 1 aliphatic rings. The Bertz CT molecular complexity index is 1370. The van der Waals surface area contributed by atoms with Gasteiger partial charge in [0.15, 0.2) is 0 Å². The van der Waals surface area contributed by atoms with Gasteiger partial charge in [0.1, 0.15) is 11.5 Å². The Hall–Kier alpha value is -3.15. The number of hydrogen-bond acceptors (Lipinski definition) is 9. The summed E-state index contributed by atoms with van der Waals surface area (Å²) in [5.41, 5.74) is 7.06. The molecule has 0 saturated carbocycles. The van der Waals surface area contributed by atoms with Crippen LogP contribution in [0.5, 0.6) is 5.75 Å². The first-order valence-electron chi connectivity index (χ1n) is 12.7. The zero-order valence-electron chi connectivity index (χ0n) is 23.3. The molecule has 2 N–H and O–H groups in total. The van der Waals surface area contributed by atoms with Gasteiger partial charge in [-0.25, -0.2) is 4.79 Å². The van der Waals surface area contributed by atoms with Gasteiger partial charge in [-0.2, -0.15) is 0 Å². The molecule has 1 aliphatic heterocycles. The van der Waals surface area contributed by atoms with Crippen LogP contribution in [0, 0.1) is 6.92 Å². The molecule has 0 fully saturated rings. The summed E-state index contributed by atoms with van der Waals surface area (Å²) in [7, 11) is 10.9. The third-order valence-corrected chi connectivity index (χ3v) is 9.81. The van der Waals surface area contributed by atoms with Crippen molar-refractivity contribution in [2.45, 2.75) is 23.3 Å². The van der Waals surface area contributed by atoms with Crippen molar-refractivity contribution in [2.75, 3.05) is 60.9 Å². The molecule has 0 spiro atoms. The van der Waals surface area contributed by atoms with Crippen LogP contribution in [0.2, 0.25) is 0 Å². The number of anilines is 4. The fourth-order valence-corrected chi connectivity index (χ4v) is 7.19. The molecule has 40 heavy (non-hydrogen) atoms. The standard InChI is InChI=1S/C29H34N4O4S3/c1-19-23(32(4)5)12-13-25-28(19)40-26-16-21(31(2)3)8-11-24(26)33(25)17-20-6-9-22(10-7-20)37-29(36)30-14-15-38-39-18-27(34)35/h6-13,16H,14-15,17-18H2,1-5H3,(H,30,36)(H,34,35). The highest BCUT2D eigenvalue weighted by Crippen LogP contribution is 2.52. The molecule has 0 saturated heterocycles. The molecule has 0 radical (unpaired) electrons. The first kappa shape index (κ1) is 29.8. The lowest BCUT2D eigenvalue weighted by Crippen LogP contribution is -2.28. The van der Waals surface area contributed by atoms with Gasteiger partial charge in [0.25, 0.3) is 0 Å². The van der Waals surface area contributed by atoms with Crippen molar-refractivity contribution < 1.29 is 19.4 Å². The van der Waals surface area contributed by atoms with Gasteiger partial charge in [-0.05, 0) is 60.5 Å². The van der Waals surface area contributed by atoms with E-state index >= 15 is 0 Å². The zero-order valence-corrected chi connectivity index (χ0v) is 25.7. The van der Waals surface area contributed by atoms with Crippen LogP contribution in [0.1, 0.15) is 11.1 Å². The molecule has 8 nitrogen and oxygen atoms in total. The zero-order chi connectivity index (χ0) is 28.8. The number of carbonyl (C=O) groups excluding carboxylic acids is 1. The number of aliphatic carboxylic acids is 1. The van der Waals surface area contributed by atoms with Crippen LogP contribution in [0.4, 0.5) is 27.5 Å². The number of nitrogens with one attached hydrogen (secondary N) is 1. The van der Waals surface area contributed by atoms with Gasteiger partial charge in [-0.15, -0.1) is 0 Å². The third-order valence-electron chi connectivity index (χ3n) is 6.29. The Morgan fingerprint density at radius 1 is 0.975 bits per heavy atom. The Morgan fingerprint density at radius 3 is 2.38 bits per heavy atom. The van der Waals surface area contributed by atoms with E-state index in [1.807, 2.05) is 36.0 Å². The molecule has 4 rings (SSSR count). The quantitative estimate of drug-likeness (QED) is 0.189. The number of amides is 1. The van der Waals surface area contributed by atoms with Crippen molar-refractivity contribution >= 4 is 68.2 Å². The van der Waals surface area contributed by atoms with Gasteiger partial charge in [0.05, 0.1) is 11.4 Å². The van der Waals surface area contributed by atoms with E-state index in [-0.39, 0.29) is 5.75 Å². The molecular formula is C29H34N4O4S3. The summed E-state index contributed by atoms with van der Waals surface area (Å²) in [5, 5.41) is 11.3. The van der Waals surface area contributed by atoms with Crippen LogP contribution in [0.15, 0.2) is 64.4 Å². The minimum Gasteiger partial charge on any atom is -0.481 e. The Morgan fingerprint density at radius 2 is 1.70 bits per heavy atom. The summed E-state index contributed by atoms with van der Waals surface area (Å²) in [6.07, 6.45) is -0.531. The SMILES string of the molecule is Cc1c(N(C)C)ccc2c1Sc1cc(N(C)C)ccc1N2Cc1ccc(OC(=O)NCCSSCC(=O)O)cc1. The van der Waals surface area contributed by atoms with E-state index in [1.54, 1.807) is 0 Å². The molecule has 0 unspecified atom stereocenters. The summed E-state index contributed by atoms with van der Waals surface area (Å²) in [6, 6.07) is 18.6. The maximum absolute atomic E-state index is 12.2. The summed E-state index contributed by atoms with van der Waals surface area (Å²) in [4.78, 5) is 31.8. The van der Waals surface area contributed by atoms with Crippen molar-refractivity contribution in [3.63, 3.8) is 0 Å². The molecule has 212 valence electrons.